The molecule has 0 bridgehead atoms. The van der Waals surface area contributed by atoms with Gasteiger partial charge in [-0.3, -0.25) is 0 Å². The van der Waals surface area contributed by atoms with Gasteiger partial charge in [0, 0.05) is 6.04 Å². The van der Waals surface area contributed by atoms with Gasteiger partial charge in [0.1, 0.15) is 0 Å². The second-order valence-corrected chi connectivity index (χ2v) is 4.05. The first-order valence-corrected chi connectivity index (χ1v) is 5.15. The normalized spacial score (nSPS) is 33.2. The summed E-state index contributed by atoms with van der Waals surface area (Å²) in [6.07, 6.45) is 4.28. The van der Waals surface area contributed by atoms with Crippen molar-refractivity contribution in [2.24, 2.45) is 5.92 Å². The summed E-state index contributed by atoms with van der Waals surface area (Å²) < 4.78 is 0. The number of hydrogen-bond donors (Lipinski definition) is 2. The predicted octanol–water partition coefficient (Wildman–Crippen LogP) is 1.54. The molecule has 12 heavy (non-hydrogen) atoms. The summed E-state index contributed by atoms with van der Waals surface area (Å²) in [4.78, 5) is 0. The Balaban J connectivity index is 2.29. The van der Waals surface area contributed by atoms with Gasteiger partial charge < -0.3 is 10.4 Å². The van der Waals surface area contributed by atoms with E-state index in [0.717, 1.165) is 31.7 Å². The van der Waals surface area contributed by atoms with Gasteiger partial charge in [-0.2, -0.15) is 0 Å². The molecule has 0 aliphatic carbocycles. The minimum absolute atomic E-state index is 0.127. The van der Waals surface area contributed by atoms with E-state index in [9.17, 15) is 5.11 Å². The first-order chi connectivity index (χ1) is 5.74. The van der Waals surface area contributed by atoms with E-state index >= 15 is 0 Å². The predicted molar refractivity (Wildman–Crippen MR) is 51.1 cm³/mol. The maximum Gasteiger partial charge on any atom is 0.0693 e. The van der Waals surface area contributed by atoms with Gasteiger partial charge in [-0.1, -0.05) is 20.3 Å². The van der Waals surface area contributed by atoms with Crippen LogP contribution in [0.4, 0.5) is 0 Å². The van der Waals surface area contributed by atoms with Crippen LogP contribution in [-0.2, 0) is 0 Å². The molecule has 0 aromatic heterocycles. The molecule has 2 N–H and O–H groups in total. The maximum atomic E-state index is 9.73. The molecule has 1 aliphatic rings. The minimum Gasteiger partial charge on any atom is -0.392 e. The van der Waals surface area contributed by atoms with E-state index < -0.39 is 0 Å². The maximum absolute atomic E-state index is 9.73. The smallest absolute Gasteiger partial charge is 0.0693 e. The van der Waals surface area contributed by atoms with Crippen LogP contribution in [-0.4, -0.2) is 23.8 Å². The Hall–Kier alpha value is -0.0800. The van der Waals surface area contributed by atoms with Gasteiger partial charge in [0.05, 0.1) is 6.10 Å². The van der Waals surface area contributed by atoms with Crippen molar-refractivity contribution in [3.63, 3.8) is 0 Å². The van der Waals surface area contributed by atoms with E-state index in [2.05, 4.69) is 19.2 Å². The topological polar surface area (TPSA) is 32.3 Å². The summed E-state index contributed by atoms with van der Waals surface area (Å²) in [6.45, 7) is 5.47. The molecule has 0 spiro atoms. The highest BCUT2D eigenvalue weighted by molar-refractivity contribution is 4.81. The lowest BCUT2D eigenvalue weighted by Gasteiger charge is -2.31. The molecule has 0 amide bonds. The molecular formula is C10H21NO. The molecule has 0 saturated carbocycles. The van der Waals surface area contributed by atoms with E-state index in [1.54, 1.807) is 0 Å². The molecule has 1 fully saturated rings. The van der Waals surface area contributed by atoms with E-state index in [0.29, 0.717) is 6.04 Å². The Bertz CT molecular complexity index is 127. The summed E-state index contributed by atoms with van der Waals surface area (Å²) in [6, 6.07) is 0.355. The minimum atomic E-state index is -0.127. The molecule has 0 unspecified atom stereocenters. The van der Waals surface area contributed by atoms with Crippen LogP contribution in [0.1, 0.15) is 39.5 Å². The first kappa shape index (κ1) is 10.0. The van der Waals surface area contributed by atoms with E-state index in [1.165, 1.54) is 6.42 Å². The summed E-state index contributed by atoms with van der Waals surface area (Å²) >= 11 is 0. The monoisotopic (exact) mass is 171 g/mol. The number of piperidine rings is 1. The van der Waals surface area contributed by atoms with Crippen LogP contribution in [0.25, 0.3) is 0 Å². The van der Waals surface area contributed by atoms with Crippen LogP contribution < -0.4 is 5.32 Å². The average molecular weight is 171 g/mol. The van der Waals surface area contributed by atoms with Gasteiger partial charge in [-0.05, 0) is 31.7 Å². The lowest BCUT2D eigenvalue weighted by Crippen LogP contribution is -2.45. The molecule has 3 atom stereocenters. The second-order valence-electron chi connectivity index (χ2n) is 4.05. The second kappa shape index (κ2) is 4.83. The Morgan fingerprint density at radius 2 is 2.33 bits per heavy atom. The van der Waals surface area contributed by atoms with Crippen LogP contribution in [0.3, 0.4) is 0 Å². The molecule has 1 heterocycles. The lowest BCUT2D eigenvalue weighted by atomic mass is 9.90. The van der Waals surface area contributed by atoms with Crippen LogP contribution in [0.15, 0.2) is 0 Å². The van der Waals surface area contributed by atoms with Crippen LogP contribution in [0.2, 0.25) is 0 Å². The Kier molecular flexibility index (Phi) is 4.02. The van der Waals surface area contributed by atoms with Gasteiger partial charge in [0.25, 0.3) is 0 Å². The third kappa shape index (κ3) is 2.76. The van der Waals surface area contributed by atoms with Crippen molar-refractivity contribution in [3.8, 4) is 0 Å². The van der Waals surface area contributed by atoms with E-state index in [4.69, 9.17) is 0 Å². The fourth-order valence-electron chi connectivity index (χ4n) is 1.94. The van der Waals surface area contributed by atoms with Gasteiger partial charge in [-0.25, -0.2) is 0 Å². The number of rotatable bonds is 3. The molecule has 1 aliphatic heterocycles. The zero-order valence-electron chi connectivity index (χ0n) is 8.21. The van der Waals surface area contributed by atoms with Crippen LogP contribution >= 0.6 is 0 Å². The van der Waals surface area contributed by atoms with Crippen molar-refractivity contribution in [3.05, 3.63) is 0 Å². The summed E-state index contributed by atoms with van der Waals surface area (Å²) in [5.41, 5.74) is 0. The molecule has 72 valence electrons. The third-order valence-corrected chi connectivity index (χ3v) is 2.75. The van der Waals surface area contributed by atoms with Gasteiger partial charge in [-0.15, -0.1) is 0 Å². The number of nitrogens with one attached hydrogen (secondary N) is 1. The van der Waals surface area contributed by atoms with Crippen molar-refractivity contribution in [1.82, 2.24) is 5.32 Å². The standard InChI is InChI=1S/C10H21NO/c1-3-4-10(12)9-7-8(2)5-6-11-9/h8-12H,3-7H2,1-2H3/t8-,9+,10+/m1/s1. The third-order valence-electron chi connectivity index (χ3n) is 2.75. The number of aliphatic hydroxyl groups excluding tert-OH is 1. The molecule has 0 aromatic rings. The molecule has 0 radical (unpaired) electrons. The van der Waals surface area contributed by atoms with E-state index in [1.807, 2.05) is 0 Å². The van der Waals surface area contributed by atoms with E-state index in [-0.39, 0.29) is 6.10 Å². The Labute approximate surface area is 75.4 Å². The van der Waals surface area contributed by atoms with Crippen molar-refractivity contribution < 1.29 is 5.11 Å². The summed E-state index contributed by atoms with van der Waals surface area (Å²) in [5, 5.41) is 13.1. The highest BCUT2D eigenvalue weighted by atomic mass is 16.3. The van der Waals surface area contributed by atoms with Crippen molar-refractivity contribution in [2.75, 3.05) is 6.54 Å². The number of aliphatic hydroxyl groups is 1. The molecule has 2 nitrogen and oxygen atoms in total. The van der Waals surface area contributed by atoms with Crippen LogP contribution in [0.5, 0.6) is 0 Å². The molecule has 1 rings (SSSR count). The Morgan fingerprint density at radius 1 is 1.58 bits per heavy atom. The SMILES string of the molecule is CCC[C@H](O)[C@@H]1C[C@H](C)CCN1. The van der Waals surface area contributed by atoms with Gasteiger partial charge in [0.2, 0.25) is 0 Å². The van der Waals surface area contributed by atoms with Crippen molar-refractivity contribution >= 4 is 0 Å². The summed E-state index contributed by atoms with van der Waals surface area (Å²) in [7, 11) is 0. The van der Waals surface area contributed by atoms with Gasteiger partial charge in [0.15, 0.2) is 0 Å². The quantitative estimate of drug-likeness (QED) is 0.675. The van der Waals surface area contributed by atoms with Crippen molar-refractivity contribution in [1.29, 1.82) is 0 Å². The van der Waals surface area contributed by atoms with Gasteiger partial charge >= 0.3 is 0 Å². The first-order valence-electron chi connectivity index (χ1n) is 5.15. The highest BCUT2D eigenvalue weighted by Crippen LogP contribution is 2.18. The average Bonchev–Trinajstić information content (AvgIpc) is 2.05. The molecule has 1 saturated heterocycles. The highest BCUT2D eigenvalue weighted by Gasteiger charge is 2.23. The summed E-state index contributed by atoms with van der Waals surface area (Å²) in [5.74, 6) is 0.780. The van der Waals surface area contributed by atoms with Crippen LogP contribution in [0, 0.1) is 5.92 Å². The zero-order valence-corrected chi connectivity index (χ0v) is 8.21. The number of hydrogen-bond acceptors (Lipinski definition) is 2. The fraction of sp³-hybridized carbons (Fsp3) is 1.00. The molecule has 0 aromatic carbocycles. The lowest BCUT2D eigenvalue weighted by molar-refractivity contribution is 0.0928. The Morgan fingerprint density at radius 3 is 2.92 bits per heavy atom. The fourth-order valence-corrected chi connectivity index (χ4v) is 1.94. The molecular weight excluding hydrogens is 150 g/mol. The largest absolute Gasteiger partial charge is 0.392 e. The molecule has 2 heteroatoms. The zero-order chi connectivity index (χ0) is 8.97. The van der Waals surface area contributed by atoms with Crippen molar-refractivity contribution in [2.45, 2.75) is 51.7 Å².